The van der Waals surface area contributed by atoms with Crippen molar-refractivity contribution in [3.05, 3.63) is 35.4 Å². The van der Waals surface area contributed by atoms with Gasteiger partial charge in [-0.25, -0.2) is 8.93 Å². The van der Waals surface area contributed by atoms with Crippen molar-refractivity contribution < 1.29 is 18.4 Å². The minimum atomic E-state index is -2.39. The number of nitrogens with zero attached hydrogens (tertiary/aromatic N) is 1. The van der Waals surface area contributed by atoms with Gasteiger partial charge in [0.1, 0.15) is 5.60 Å². The molecule has 1 unspecified atom stereocenters. The van der Waals surface area contributed by atoms with Crippen molar-refractivity contribution in [2.45, 2.75) is 25.9 Å². The fourth-order valence-electron chi connectivity index (χ4n) is 1.86. The van der Waals surface area contributed by atoms with Crippen LogP contribution in [0.2, 0.25) is 0 Å². The molecule has 0 saturated carbocycles. The molecule has 1 aliphatic rings. The normalized spacial score (nSPS) is 18.4. The highest BCUT2D eigenvalue weighted by Crippen LogP contribution is 2.27. The predicted octanol–water partition coefficient (Wildman–Crippen LogP) is 1.46. The van der Waals surface area contributed by atoms with E-state index in [1.54, 1.807) is 24.3 Å². The Morgan fingerprint density at radius 1 is 1.47 bits per heavy atom. The molecule has 7 heteroatoms. The lowest BCUT2D eigenvalue weighted by Gasteiger charge is -2.13. The molecule has 1 heterocycles. The zero-order valence-electron chi connectivity index (χ0n) is 10.5. The Morgan fingerprint density at radius 2 is 2.16 bits per heavy atom. The van der Waals surface area contributed by atoms with E-state index in [9.17, 15) is 9.00 Å². The molecule has 2 rings (SSSR count). The number of nitrogens with one attached hydrogen (secondary N) is 1. The number of hydrogen-bond donors (Lipinski definition) is 2. The van der Waals surface area contributed by atoms with Gasteiger partial charge >= 0.3 is 0 Å². The van der Waals surface area contributed by atoms with Gasteiger partial charge in [-0.05, 0) is 19.9 Å². The Balaban J connectivity index is 2.32. The number of carbonyl (C=O) groups is 1. The van der Waals surface area contributed by atoms with Crippen molar-refractivity contribution in [2.75, 3.05) is 0 Å². The lowest BCUT2D eigenvalue weighted by atomic mass is 9.94. The molecule has 19 heavy (non-hydrogen) atoms. The maximum absolute atomic E-state index is 11.8. The first-order valence-electron chi connectivity index (χ1n) is 5.65. The van der Waals surface area contributed by atoms with Crippen LogP contribution in [0.15, 0.2) is 29.4 Å². The molecule has 1 aromatic carbocycles. The van der Waals surface area contributed by atoms with Crippen LogP contribution in [0.4, 0.5) is 0 Å². The molecule has 0 aromatic heterocycles. The SMILES string of the molecule is CC1(C)CC(c2ccccc2C(=O)NS(=O)O)=NO1. The molecule has 1 amide bonds. The van der Waals surface area contributed by atoms with E-state index < -0.39 is 22.8 Å². The van der Waals surface area contributed by atoms with Crippen molar-refractivity contribution in [2.24, 2.45) is 5.16 Å². The summed E-state index contributed by atoms with van der Waals surface area (Å²) in [5.41, 5.74) is 1.15. The summed E-state index contributed by atoms with van der Waals surface area (Å²) in [5.74, 6) is -0.621. The van der Waals surface area contributed by atoms with Gasteiger partial charge in [0.15, 0.2) is 0 Å². The molecule has 0 radical (unpaired) electrons. The van der Waals surface area contributed by atoms with Gasteiger partial charge in [0, 0.05) is 17.5 Å². The molecule has 0 bridgehead atoms. The average molecular weight is 282 g/mol. The number of rotatable bonds is 3. The highest BCUT2D eigenvalue weighted by atomic mass is 32.2. The van der Waals surface area contributed by atoms with Crippen molar-refractivity contribution in [3.8, 4) is 0 Å². The van der Waals surface area contributed by atoms with Crippen LogP contribution in [-0.4, -0.2) is 26.0 Å². The van der Waals surface area contributed by atoms with E-state index in [1.807, 2.05) is 18.6 Å². The Bertz CT molecular complexity index is 569. The van der Waals surface area contributed by atoms with Crippen LogP contribution in [0.1, 0.15) is 36.2 Å². The van der Waals surface area contributed by atoms with Gasteiger partial charge in [-0.2, -0.15) is 0 Å². The quantitative estimate of drug-likeness (QED) is 0.821. The fourth-order valence-corrected chi connectivity index (χ4v) is 2.13. The lowest BCUT2D eigenvalue weighted by molar-refractivity contribution is 0.0123. The van der Waals surface area contributed by atoms with Crippen LogP contribution >= 0.6 is 0 Å². The molecule has 0 spiro atoms. The summed E-state index contributed by atoms with van der Waals surface area (Å²) < 4.78 is 21.3. The van der Waals surface area contributed by atoms with E-state index in [4.69, 9.17) is 9.39 Å². The molecular formula is C12H14N2O4S. The topological polar surface area (TPSA) is 88.0 Å². The Hall–Kier alpha value is -1.73. The molecule has 0 saturated heterocycles. The highest BCUT2D eigenvalue weighted by Gasteiger charge is 2.31. The van der Waals surface area contributed by atoms with Gasteiger partial charge in [0.05, 0.1) is 5.71 Å². The van der Waals surface area contributed by atoms with Crippen molar-refractivity contribution >= 4 is 22.9 Å². The number of oxime groups is 1. The lowest BCUT2D eigenvalue weighted by Crippen LogP contribution is -2.27. The number of benzene rings is 1. The first kappa shape index (κ1) is 13.7. The standard InChI is InChI=1S/C12H14N2O4S/c1-12(2)7-10(13-18-12)8-5-3-4-6-9(8)11(15)14-19(16)17/h3-6H,7H2,1-2H3,(H,14,15)(H,16,17). The highest BCUT2D eigenvalue weighted by molar-refractivity contribution is 7.77. The van der Waals surface area contributed by atoms with Gasteiger partial charge in [0.25, 0.3) is 17.2 Å². The molecular weight excluding hydrogens is 268 g/mol. The monoisotopic (exact) mass is 282 g/mol. The van der Waals surface area contributed by atoms with E-state index in [0.717, 1.165) is 0 Å². The third-order valence-corrected chi connectivity index (χ3v) is 3.02. The zero-order chi connectivity index (χ0) is 14.0. The van der Waals surface area contributed by atoms with E-state index in [-0.39, 0.29) is 0 Å². The summed E-state index contributed by atoms with van der Waals surface area (Å²) in [7, 11) is 0. The molecule has 1 atom stereocenters. The minimum absolute atomic E-state index is 0.296. The summed E-state index contributed by atoms with van der Waals surface area (Å²) in [4.78, 5) is 17.1. The number of hydrogen-bond acceptors (Lipinski definition) is 4. The van der Waals surface area contributed by atoms with Crippen LogP contribution in [0.25, 0.3) is 0 Å². The summed E-state index contributed by atoms with van der Waals surface area (Å²) in [6.45, 7) is 3.80. The maximum atomic E-state index is 11.8. The summed E-state index contributed by atoms with van der Waals surface area (Å²) in [6.07, 6.45) is 0.569. The zero-order valence-corrected chi connectivity index (χ0v) is 11.4. The van der Waals surface area contributed by atoms with Crippen molar-refractivity contribution in [3.63, 3.8) is 0 Å². The third kappa shape index (κ3) is 3.18. The van der Waals surface area contributed by atoms with Crippen LogP contribution in [0.3, 0.4) is 0 Å². The van der Waals surface area contributed by atoms with E-state index in [0.29, 0.717) is 23.3 Å². The fraction of sp³-hybridized carbons (Fsp3) is 0.333. The largest absolute Gasteiger partial charge is 0.389 e. The van der Waals surface area contributed by atoms with Gasteiger partial charge in [-0.1, -0.05) is 23.4 Å². The second-order valence-corrected chi connectivity index (χ2v) is 5.49. The Kier molecular flexibility index (Phi) is 3.68. The van der Waals surface area contributed by atoms with E-state index in [2.05, 4.69) is 5.16 Å². The Morgan fingerprint density at radius 3 is 2.74 bits per heavy atom. The second kappa shape index (κ2) is 5.10. The molecule has 2 N–H and O–H groups in total. The van der Waals surface area contributed by atoms with Crippen LogP contribution in [-0.2, 0) is 16.1 Å². The smallest absolute Gasteiger partial charge is 0.265 e. The first-order chi connectivity index (χ1) is 8.89. The van der Waals surface area contributed by atoms with Gasteiger partial charge in [0.2, 0.25) is 0 Å². The van der Waals surface area contributed by atoms with E-state index >= 15 is 0 Å². The van der Waals surface area contributed by atoms with Crippen molar-refractivity contribution in [1.82, 2.24) is 4.72 Å². The van der Waals surface area contributed by atoms with E-state index in [1.165, 1.54) is 0 Å². The molecule has 1 aromatic rings. The van der Waals surface area contributed by atoms with Crippen LogP contribution in [0, 0.1) is 0 Å². The molecule has 1 aliphatic heterocycles. The average Bonchev–Trinajstić information content (AvgIpc) is 2.69. The van der Waals surface area contributed by atoms with Gasteiger partial charge < -0.3 is 4.84 Å². The molecule has 102 valence electrons. The van der Waals surface area contributed by atoms with Gasteiger partial charge in [-0.3, -0.25) is 9.35 Å². The number of carbonyl (C=O) groups excluding carboxylic acids is 1. The van der Waals surface area contributed by atoms with Gasteiger partial charge in [-0.15, -0.1) is 0 Å². The summed E-state index contributed by atoms with van der Waals surface area (Å²) in [6, 6.07) is 6.76. The molecule has 0 aliphatic carbocycles. The van der Waals surface area contributed by atoms with Crippen molar-refractivity contribution in [1.29, 1.82) is 0 Å². The third-order valence-electron chi connectivity index (χ3n) is 2.66. The summed E-state index contributed by atoms with van der Waals surface area (Å²) >= 11 is -2.39. The van der Waals surface area contributed by atoms with Crippen LogP contribution < -0.4 is 4.72 Å². The summed E-state index contributed by atoms with van der Waals surface area (Å²) in [5, 5.41) is 3.98. The molecule has 6 nitrogen and oxygen atoms in total. The first-order valence-corrected chi connectivity index (χ1v) is 6.76. The maximum Gasteiger partial charge on any atom is 0.265 e. The predicted molar refractivity (Wildman–Crippen MR) is 71.0 cm³/mol. The molecule has 0 fully saturated rings. The second-order valence-electron chi connectivity index (χ2n) is 4.79. The number of amides is 1. The minimum Gasteiger partial charge on any atom is -0.389 e. The van der Waals surface area contributed by atoms with Crippen LogP contribution in [0.5, 0.6) is 0 Å². The Labute approximate surface area is 113 Å².